The van der Waals surface area contributed by atoms with Crippen LogP contribution in [0.25, 0.3) is 0 Å². The van der Waals surface area contributed by atoms with Crippen LogP contribution in [0.15, 0.2) is 53.5 Å². The van der Waals surface area contributed by atoms with E-state index < -0.39 is 0 Å². The van der Waals surface area contributed by atoms with E-state index in [1.807, 2.05) is 36.4 Å². The Bertz CT molecular complexity index is 700. The van der Waals surface area contributed by atoms with Crippen LogP contribution in [0.5, 0.6) is 5.75 Å². The highest BCUT2D eigenvalue weighted by Crippen LogP contribution is 2.14. The number of hydrogen-bond donors (Lipinski definition) is 2. The van der Waals surface area contributed by atoms with Crippen molar-refractivity contribution in [2.24, 2.45) is 4.99 Å². The minimum Gasteiger partial charge on any atom is -0.497 e. The third kappa shape index (κ3) is 7.82. The number of methoxy groups -OCH3 is 1. The molecule has 0 bridgehead atoms. The average Bonchev–Trinajstić information content (AvgIpc) is 2.65. The molecule has 2 aromatic rings. The highest BCUT2D eigenvalue weighted by atomic mass is 127. The second-order valence-corrected chi connectivity index (χ2v) is 6.45. The first-order valence-corrected chi connectivity index (χ1v) is 9.27. The normalized spacial score (nSPS) is 10.8. The molecular formula is C19H25FIN3OS. The predicted molar refractivity (Wildman–Crippen MR) is 119 cm³/mol. The van der Waals surface area contributed by atoms with E-state index in [4.69, 9.17) is 4.74 Å². The van der Waals surface area contributed by atoms with Gasteiger partial charge in [0.2, 0.25) is 0 Å². The SMILES string of the molecule is CN=C(NCCSCc1ccccc1F)NCc1cccc(OC)c1.I. The van der Waals surface area contributed by atoms with Gasteiger partial charge in [-0.25, -0.2) is 4.39 Å². The van der Waals surface area contributed by atoms with Gasteiger partial charge in [0.05, 0.1) is 7.11 Å². The maximum atomic E-state index is 13.5. The van der Waals surface area contributed by atoms with Crippen LogP contribution >= 0.6 is 35.7 Å². The summed E-state index contributed by atoms with van der Waals surface area (Å²) in [6.45, 7) is 1.43. The second kappa shape index (κ2) is 12.8. The topological polar surface area (TPSA) is 45.7 Å². The van der Waals surface area contributed by atoms with E-state index in [9.17, 15) is 4.39 Å². The number of rotatable bonds is 8. The van der Waals surface area contributed by atoms with E-state index in [2.05, 4.69) is 15.6 Å². The Kier molecular flexibility index (Phi) is 11.1. The second-order valence-electron chi connectivity index (χ2n) is 5.35. The summed E-state index contributed by atoms with van der Waals surface area (Å²) in [6.07, 6.45) is 0. The van der Waals surface area contributed by atoms with Crippen molar-refractivity contribution < 1.29 is 9.13 Å². The summed E-state index contributed by atoms with van der Waals surface area (Å²) in [5.41, 5.74) is 1.87. The van der Waals surface area contributed by atoms with Crippen molar-refractivity contribution in [3.05, 3.63) is 65.5 Å². The summed E-state index contributed by atoms with van der Waals surface area (Å²) in [6, 6.07) is 14.8. The van der Waals surface area contributed by atoms with Crippen molar-refractivity contribution in [2.75, 3.05) is 26.5 Å². The van der Waals surface area contributed by atoms with Gasteiger partial charge in [0.25, 0.3) is 0 Å². The molecule has 0 amide bonds. The minimum atomic E-state index is -0.140. The number of ether oxygens (including phenoxy) is 1. The van der Waals surface area contributed by atoms with Crippen LogP contribution in [-0.2, 0) is 12.3 Å². The van der Waals surface area contributed by atoms with Crippen LogP contribution in [0.4, 0.5) is 4.39 Å². The molecule has 0 radical (unpaired) electrons. The highest BCUT2D eigenvalue weighted by molar-refractivity contribution is 14.0. The maximum absolute atomic E-state index is 13.5. The third-order valence-electron chi connectivity index (χ3n) is 3.57. The first kappa shape index (κ1) is 22.6. The van der Waals surface area contributed by atoms with Gasteiger partial charge in [0.1, 0.15) is 11.6 Å². The van der Waals surface area contributed by atoms with Crippen molar-refractivity contribution in [1.29, 1.82) is 0 Å². The number of halogens is 2. The summed E-state index contributed by atoms with van der Waals surface area (Å²) < 4.78 is 18.8. The van der Waals surface area contributed by atoms with Crippen LogP contribution < -0.4 is 15.4 Å². The zero-order valence-corrected chi connectivity index (χ0v) is 18.1. The standard InChI is InChI=1S/C19H24FN3OS.HI/c1-21-19(23-13-15-6-5-8-17(12-15)24-2)22-10-11-25-14-16-7-3-4-9-18(16)20;/h3-9,12H,10-11,13-14H2,1-2H3,(H2,21,22,23);1H. The van der Waals surface area contributed by atoms with E-state index in [0.29, 0.717) is 12.3 Å². The van der Waals surface area contributed by atoms with E-state index in [0.717, 1.165) is 35.1 Å². The van der Waals surface area contributed by atoms with Crippen molar-refractivity contribution >= 4 is 41.7 Å². The molecule has 0 aromatic heterocycles. The molecule has 0 fully saturated rings. The fourth-order valence-electron chi connectivity index (χ4n) is 2.23. The molecule has 0 aliphatic heterocycles. The lowest BCUT2D eigenvalue weighted by molar-refractivity contribution is 0.414. The summed E-state index contributed by atoms with van der Waals surface area (Å²) in [7, 11) is 3.40. The van der Waals surface area contributed by atoms with Crippen molar-refractivity contribution in [1.82, 2.24) is 10.6 Å². The smallest absolute Gasteiger partial charge is 0.191 e. The van der Waals surface area contributed by atoms with E-state index >= 15 is 0 Å². The minimum absolute atomic E-state index is 0. The van der Waals surface area contributed by atoms with Gasteiger partial charge in [-0.15, -0.1) is 24.0 Å². The largest absolute Gasteiger partial charge is 0.497 e. The van der Waals surface area contributed by atoms with Crippen LogP contribution in [0.1, 0.15) is 11.1 Å². The van der Waals surface area contributed by atoms with E-state index in [1.165, 1.54) is 6.07 Å². The molecule has 2 N–H and O–H groups in total. The Morgan fingerprint density at radius 2 is 1.96 bits per heavy atom. The fourth-order valence-corrected chi connectivity index (χ4v) is 3.07. The Balaban J connectivity index is 0.00000338. The molecule has 0 aliphatic rings. The Labute approximate surface area is 176 Å². The summed E-state index contributed by atoms with van der Waals surface area (Å²) >= 11 is 1.69. The van der Waals surface area contributed by atoms with E-state index in [-0.39, 0.29) is 29.8 Å². The first-order chi connectivity index (χ1) is 12.2. The molecule has 0 atom stereocenters. The molecule has 2 rings (SSSR count). The summed E-state index contributed by atoms with van der Waals surface area (Å²) in [4.78, 5) is 4.21. The lowest BCUT2D eigenvalue weighted by atomic mass is 10.2. The van der Waals surface area contributed by atoms with Gasteiger partial charge in [-0.1, -0.05) is 30.3 Å². The third-order valence-corrected chi connectivity index (χ3v) is 4.58. The Morgan fingerprint density at radius 1 is 1.15 bits per heavy atom. The molecule has 0 saturated carbocycles. The molecule has 0 saturated heterocycles. The van der Waals surface area contributed by atoms with Gasteiger partial charge in [-0.05, 0) is 29.3 Å². The van der Waals surface area contributed by atoms with Gasteiger partial charge in [0, 0.05) is 31.6 Å². The molecule has 0 heterocycles. The first-order valence-electron chi connectivity index (χ1n) is 8.11. The zero-order chi connectivity index (χ0) is 17.9. The van der Waals surface area contributed by atoms with Gasteiger partial charge >= 0.3 is 0 Å². The van der Waals surface area contributed by atoms with Crippen LogP contribution in [0, 0.1) is 5.82 Å². The van der Waals surface area contributed by atoms with Gasteiger partial charge < -0.3 is 15.4 Å². The van der Waals surface area contributed by atoms with Crippen molar-refractivity contribution in [3.8, 4) is 5.75 Å². The molecule has 26 heavy (non-hydrogen) atoms. The summed E-state index contributed by atoms with van der Waals surface area (Å²) in [5, 5.41) is 6.53. The number of benzene rings is 2. The molecule has 2 aromatic carbocycles. The van der Waals surface area contributed by atoms with Crippen LogP contribution in [0.2, 0.25) is 0 Å². The quantitative estimate of drug-likeness (QED) is 0.254. The molecule has 0 spiro atoms. The number of nitrogens with zero attached hydrogens (tertiary/aromatic N) is 1. The molecular weight excluding hydrogens is 464 g/mol. The molecule has 7 heteroatoms. The maximum Gasteiger partial charge on any atom is 0.191 e. The number of nitrogens with one attached hydrogen (secondary N) is 2. The average molecular weight is 489 g/mol. The lowest BCUT2D eigenvalue weighted by Gasteiger charge is -2.12. The van der Waals surface area contributed by atoms with E-state index in [1.54, 1.807) is 32.0 Å². The van der Waals surface area contributed by atoms with Gasteiger partial charge in [0.15, 0.2) is 5.96 Å². The fraction of sp³-hybridized carbons (Fsp3) is 0.316. The van der Waals surface area contributed by atoms with Crippen LogP contribution in [0.3, 0.4) is 0 Å². The van der Waals surface area contributed by atoms with Gasteiger partial charge in [-0.2, -0.15) is 11.8 Å². The Hall–Kier alpha value is -1.48. The van der Waals surface area contributed by atoms with Crippen molar-refractivity contribution in [2.45, 2.75) is 12.3 Å². The van der Waals surface area contributed by atoms with Gasteiger partial charge in [-0.3, -0.25) is 4.99 Å². The number of aliphatic imine (C=N–C) groups is 1. The van der Waals surface area contributed by atoms with Crippen LogP contribution in [-0.4, -0.2) is 32.4 Å². The zero-order valence-electron chi connectivity index (χ0n) is 15.0. The van der Waals surface area contributed by atoms with Crippen molar-refractivity contribution in [3.63, 3.8) is 0 Å². The lowest BCUT2D eigenvalue weighted by Crippen LogP contribution is -2.37. The predicted octanol–water partition coefficient (Wildman–Crippen LogP) is 4.05. The number of hydrogen-bond acceptors (Lipinski definition) is 3. The number of thioether (sulfide) groups is 1. The monoisotopic (exact) mass is 489 g/mol. The summed E-state index contributed by atoms with van der Waals surface area (Å²) in [5.74, 6) is 2.98. The number of guanidine groups is 1. The molecule has 142 valence electrons. The molecule has 0 unspecified atom stereocenters. The Morgan fingerprint density at radius 3 is 2.69 bits per heavy atom. The molecule has 4 nitrogen and oxygen atoms in total. The highest BCUT2D eigenvalue weighted by Gasteiger charge is 2.02. The molecule has 0 aliphatic carbocycles.